The summed E-state index contributed by atoms with van der Waals surface area (Å²) in [6, 6.07) is 0. The lowest BCUT2D eigenvalue weighted by Crippen LogP contribution is -2.46. The summed E-state index contributed by atoms with van der Waals surface area (Å²) in [6.07, 6.45) is 18.1. The Morgan fingerprint density at radius 1 is 1.26 bits per heavy atom. The molecule has 0 aromatic carbocycles. The molecule has 1 N–H and O–H groups in total. The molecule has 4 atom stereocenters. The summed E-state index contributed by atoms with van der Waals surface area (Å²) in [7, 11) is 0. The molecule has 23 heavy (non-hydrogen) atoms. The topological polar surface area (TPSA) is 37.3 Å². The van der Waals surface area contributed by atoms with Crippen LogP contribution in [0.15, 0.2) is 34.9 Å². The highest BCUT2D eigenvalue weighted by Gasteiger charge is 2.58. The predicted molar refractivity (Wildman–Crippen MR) is 90.4 cm³/mol. The standard InChI is InChI=1S/C21H24O2/c1-3-20-11-9-17-16-8-6-15(22)13-14(16)5-7-18(17)19(20)10-12-21(20,23)4-2/h2,5,7,13,16-17,23H,3,6,8-12H2,1H3/t16-,17+,20-,21-/m0/s1. The maximum atomic E-state index is 11.7. The fraction of sp³-hybridized carbons (Fsp3) is 0.571. The number of aliphatic hydroxyl groups is 1. The van der Waals surface area contributed by atoms with Gasteiger partial charge in [-0.1, -0.05) is 30.6 Å². The first-order chi connectivity index (χ1) is 11.0. The van der Waals surface area contributed by atoms with Crippen LogP contribution >= 0.6 is 0 Å². The Hall–Kier alpha value is -1.59. The van der Waals surface area contributed by atoms with E-state index >= 15 is 0 Å². The molecule has 4 rings (SSSR count). The molecule has 0 aromatic heterocycles. The maximum Gasteiger partial charge on any atom is 0.155 e. The first-order valence-corrected chi connectivity index (χ1v) is 8.91. The van der Waals surface area contributed by atoms with Crippen LogP contribution < -0.4 is 0 Å². The van der Waals surface area contributed by atoms with Crippen molar-refractivity contribution in [2.75, 3.05) is 0 Å². The monoisotopic (exact) mass is 308 g/mol. The zero-order valence-corrected chi connectivity index (χ0v) is 13.8. The quantitative estimate of drug-likeness (QED) is 0.750. The number of fused-ring (bicyclic) bond motifs is 4. The van der Waals surface area contributed by atoms with Crippen LogP contribution in [0.3, 0.4) is 0 Å². The minimum absolute atomic E-state index is 0.233. The van der Waals surface area contributed by atoms with Crippen LogP contribution in [0.2, 0.25) is 0 Å². The second kappa shape index (κ2) is 4.95. The molecule has 0 radical (unpaired) electrons. The third-order valence-corrected chi connectivity index (χ3v) is 6.98. The molecule has 0 spiro atoms. The number of allylic oxidation sites excluding steroid dienone is 5. The van der Waals surface area contributed by atoms with Crippen molar-refractivity contribution in [2.45, 2.75) is 57.5 Å². The van der Waals surface area contributed by atoms with Gasteiger partial charge < -0.3 is 5.11 Å². The van der Waals surface area contributed by atoms with Gasteiger partial charge in [0.15, 0.2) is 5.78 Å². The molecule has 0 bridgehead atoms. The third-order valence-electron chi connectivity index (χ3n) is 6.98. The minimum atomic E-state index is -0.985. The highest BCUT2D eigenvalue weighted by molar-refractivity contribution is 5.92. The smallest absolute Gasteiger partial charge is 0.155 e. The highest BCUT2D eigenvalue weighted by atomic mass is 16.3. The van der Waals surface area contributed by atoms with Crippen LogP contribution in [0.1, 0.15) is 51.9 Å². The Labute approximate surface area is 138 Å². The summed E-state index contributed by atoms with van der Waals surface area (Å²) in [5, 5.41) is 11.1. The van der Waals surface area contributed by atoms with E-state index in [2.05, 4.69) is 25.0 Å². The number of ketones is 1. The van der Waals surface area contributed by atoms with Crippen molar-refractivity contribution in [2.24, 2.45) is 17.3 Å². The number of hydrogen-bond acceptors (Lipinski definition) is 2. The lowest BCUT2D eigenvalue weighted by atomic mass is 9.57. The Balaban J connectivity index is 1.85. The van der Waals surface area contributed by atoms with Gasteiger partial charge in [0.05, 0.1) is 0 Å². The average molecular weight is 308 g/mol. The Bertz CT molecular complexity index is 702. The maximum absolute atomic E-state index is 11.7. The number of carbonyl (C=O) groups excluding carboxylic acids is 1. The Morgan fingerprint density at radius 3 is 2.83 bits per heavy atom. The summed E-state index contributed by atoms with van der Waals surface area (Å²) in [6.45, 7) is 2.16. The molecule has 0 unspecified atom stereocenters. The molecular formula is C21H24O2. The van der Waals surface area contributed by atoms with Gasteiger partial charge in [0, 0.05) is 11.8 Å². The molecular weight excluding hydrogens is 284 g/mol. The lowest BCUT2D eigenvalue weighted by molar-refractivity contribution is -0.115. The molecule has 1 saturated carbocycles. The van der Waals surface area contributed by atoms with Crippen molar-refractivity contribution in [3.05, 3.63) is 34.9 Å². The molecule has 0 saturated heterocycles. The van der Waals surface area contributed by atoms with E-state index in [0.717, 1.165) is 32.1 Å². The van der Waals surface area contributed by atoms with E-state index in [1.807, 2.05) is 6.08 Å². The number of terminal acetylenes is 1. The van der Waals surface area contributed by atoms with Crippen molar-refractivity contribution in [1.29, 1.82) is 0 Å². The highest BCUT2D eigenvalue weighted by Crippen LogP contribution is 2.62. The molecule has 2 nitrogen and oxygen atoms in total. The van der Waals surface area contributed by atoms with Gasteiger partial charge in [-0.3, -0.25) is 4.79 Å². The largest absolute Gasteiger partial charge is 0.377 e. The molecule has 0 heterocycles. The SMILES string of the molecule is C#C[C@]1(O)CCC2=C3C=CC4=CC(=O)CC[C@@H]4[C@H]3CC[C@@]21CC. The fourth-order valence-corrected chi connectivity index (χ4v) is 5.75. The van der Waals surface area contributed by atoms with Crippen molar-refractivity contribution in [3.63, 3.8) is 0 Å². The van der Waals surface area contributed by atoms with Crippen molar-refractivity contribution in [1.82, 2.24) is 0 Å². The molecule has 4 aliphatic rings. The number of rotatable bonds is 1. The van der Waals surface area contributed by atoms with Crippen LogP contribution in [0, 0.1) is 29.6 Å². The second-order valence-electron chi connectivity index (χ2n) is 7.61. The zero-order chi connectivity index (χ0) is 16.2. The van der Waals surface area contributed by atoms with E-state index in [9.17, 15) is 9.90 Å². The normalized spacial score (nSPS) is 41.8. The summed E-state index contributed by atoms with van der Waals surface area (Å²) in [5.74, 6) is 3.98. The van der Waals surface area contributed by atoms with E-state index in [0.29, 0.717) is 24.7 Å². The third kappa shape index (κ3) is 1.83. The average Bonchev–Trinajstić information content (AvgIpc) is 2.88. The van der Waals surface area contributed by atoms with Gasteiger partial charge in [-0.25, -0.2) is 0 Å². The molecule has 4 aliphatic carbocycles. The molecule has 1 fully saturated rings. The van der Waals surface area contributed by atoms with E-state index in [4.69, 9.17) is 6.42 Å². The Kier molecular flexibility index (Phi) is 3.22. The van der Waals surface area contributed by atoms with Gasteiger partial charge in [0.1, 0.15) is 5.60 Å². The van der Waals surface area contributed by atoms with Crippen molar-refractivity contribution >= 4 is 5.78 Å². The first kappa shape index (κ1) is 15.0. The summed E-state index contributed by atoms with van der Waals surface area (Å²) < 4.78 is 0. The number of carbonyl (C=O) groups is 1. The molecule has 0 aromatic rings. The molecule has 0 aliphatic heterocycles. The van der Waals surface area contributed by atoms with E-state index in [1.165, 1.54) is 16.7 Å². The van der Waals surface area contributed by atoms with Crippen molar-refractivity contribution < 1.29 is 9.90 Å². The molecule has 0 amide bonds. The van der Waals surface area contributed by atoms with Gasteiger partial charge in [0.25, 0.3) is 0 Å². The van der Waals surface area contributed by atoms with E-state index in [1.54, 1.807) is 0 Å². The lowest BCUT2D eigenvalue weighted by Gasteiger charge is -2.48. The van der Waals surface area contributed by atoms with E-state index in [-0.39, 0.29) is 11.2 Å². The van der Waals surface area contributed by atoms with Gasteiger partial charge in [-0.05, 0) is 67.6 Å². The van der Waals surface area contributed by atoms with Crippen molar-refractivity contribution in [3.8, 4) is 12.3 Å². The zero-order valence-electron chi connectivity index (χ0n) is 13.8. The van der Waals surface area contributed by atoms with E-state index < -0.39 is 5.60 Å². The summed E-state index contributed by atoms with van der Waals surface area (Å²) in [4.78, 5) is 11.7. The van der Waals surface area contributed by atoms with Crippen LogP contribution in [0.25, 0.3) is 0 Å². The Morgan fingerprint density at radius 2 is 2.09 bits per heavy atom. The van der Waals surface area contributed by atoms with Crippen LogP contribution in [0.4, 0.5) is 0 Å². The minimum Gasteiger partial charge on any atom is -0.377 e. The van der Waals surface area contributed by atoms with Gasteiger partial charge in [-0.15, -0.1) is 6.42 Å². The van der Waals surface area contributed by atoms with Crippen LogP contribution in [-0.2, 0) is 4.79 Å². The summed E-state index contributed by atoms with van der Waals surface area (Å²) in [5.41, 5.74) is 2.82. The van der Waals surface area contributed by atoms with Crippen LogP contribution in [0.5, 0.6) is 0 Å². The van der Waals surface area contributed by atoms with Gasteiger partial charge in [0.2, 0.25) is 0 Å². The van der Waals surface area contributed by atoms with Crippen LogP contribution in [-0.4, -0.2) is 16.5 Å². The fourth-order valence-electron chi connectivity index (χ4n) is 5.75. The summed E-state index contributed by atoms with van der Waals surface area (Å²) >= 11 is 0. The molecule has 120 valence electrons. The molecule has 2 heteroatoms. The first-order valence-electron chi connectivity index (χ1n) is 8.91. The van der Waals surface area contributed by atoms with Gasteiger partial charge in [-0.2, -0.15) is 0 Å². The second-order valence-corrected chi connectivity index (χ2v) is 7.61. The predicted octanol–water partition coefficient (Wildman–Crippen LogP) is 3.72. The van der Waals surface area contributed by atoms with Gasteiger partial charge >= 0.3 is 0 Å². The number of hydrogen-bond donors (Lipinski definition) is 1.